The molecule has 0 aromatic heterocycles. The molecule has 54 heavy (non-hydrogen) atoms. The molecule has 2 fully saturated rings. The minimum Gasteiger partial charge on any atom is -0.463 e. The van der Waals surface area contributed by atoms with Crippen LogP contribution in [0.3, 0.4) is 0 Å². The molecule has 2 heterocycles. The first-order valence-corrected chi connectivity index (χ1v) is 16.7. The van der Waals surface area contributed by atoms with E-state index < -0.39 is 117 Å². The molecule has 0 saturated carbocycles. The zero-order chi connectivity index (χ0) is 39.9. The third kappa shape index (κ3) is 13.8. The molecule has 0 radical (unpaired) electrons. The smallest absolute Gasteiger partial charge is 0.405 e. The fourth-order valence-corrected chi connectivity index (χ4v) is 5.53. The highest BCUT2D eigenvalue weighted by atomic mass is 16.8. The van der Waals surface area contributed by atoms with Gasteiger partial charge in [-0.05, 0) is 5.56 Å². The Morgan fingerprint density at radius 1 is 0.556 bits per heavy atom. The second kappa shape index (κ2) is 21.1. The van der Waals surface area contributed by atoms with Crippen molar-refractivity contribution in [3.8, 4) is 0 Å². The molecule has 2 N–H and O–H groups in total. The predicted molar refractivity (Wildman–Crippen MR) is 174 cm³/mol. The molecule has 1 aromatic rings. The van der Waals surface area contributed by atoms with E-state index in [1.165, 1.54) is 0 Å². The van der Waals surface area contributed by atoms with Crippen LogP contribution in [0, 0.1) is 0 Å². The van der Waals surface area contributed by atoms with Crippen LogP contribution >= 0.6 is 0 Å². The Bertz CT molecular complexity index is 1460. The maximum atomic E-state index is 12.6. The van der Waals surface area contributed by atoms with Crippen LogP contribution in [0.4, 0.5) is 4.79 Å². The average molecular weight is 772 g/mol. The lowest BCUT2D eigenvalue weighted by atomic mass is 9.96. The number of amides is 1. The summed E-state index contributed by atoms with van der Waals surface area (Å²) in [6.45, 7) is 5.34. The van der Waals surface area contributed by atoms with E-state index in [1.54, 1.807) is 0 Å². The molecule has 0 spiro atoms. The van der Waals surface area contributed by atoms with Gasteiger partial charge in [-0.25, -0.2) is 4.79 Å². The molecule has 20 nitrogen and oxygen atoms in total. The topological polar surface area (TPSA) is 256 Å². The van der Waals surface area contributed by atoms with Crippen LogP contribution < -0.4 is 5.73 Å². The van der Waals surface area contributed by atoms with E-state index >= 15 is 0 Å². The van der Waals surface area contributed by atoms with Crippen molar-refractivity contribution in [1.29, 1.82) is 0 Å². The molecule has 0 bridgehead atoms. The Balaban J connectivity index is 2.08. The van der Waals surface area contributed by atoms with Crippen molar-refractivity contribution < 1.29 is 90.4 Å². The monoisotopic (exact) mass is 771 g/mol. The maximum Gasteiger partial charge on any atom is 0.405 e. The lowest BCUT2D eigenvalue weighted by molar-refractivity contribution is -0.368. The first kappa shape index (κ1) is 43.5. The van der Waals surface area contributed by atoms with E-state index in [4.69, 9.17) is 62.6 Å². The summed E-state index contributed by atoms with van der Waals surface area (Å²) < 4.78 is 67.6. The molecule has 2 aliphatic heterocycles. The number of primary amides is 1. The Kier molecular flexibility index (Phi) is 17.0. The van der Waals surface area contributed by atoms with Crippen molar-refractivity contribution in [2.24, 2.45) is 5.73 Å². The minimum absolute atomic E-state index is 0.000739. The average Bonchev–Trinajstić information content (AvgIpc) is 3.07. The summed E-state index contributed by atoms with van der Waals surface area (Å²) in [4.78, 5) is 85.2. The van der Waals surface area contributed by atoms with Gasteiger partial charge in [0.1, 0.15) is 25.4 Å². The molecule has 1 aromatic carbocycles. The number of esters is 6. The van der Waals surface area contributed by atoms with Crippen molar-refractivity contribution in [2.75, 3.05) is 26.4 Å². The van der Waals surface area contributed by atoms with Crippen molar-refractivity contribution in [3.63, 3.8) is 0 Å². The quantitative estimate of drug-likeness (QED) is 0.127. The molecule has 0 unspecified atom stereocenters. The van der Waals surface area contributed by atoms with E-state index in [0.29, 0.717) is 0 Å². The molecular weight excluding hydrogens is 726 g/mol. The van der Waals surface area contributed by atoms with E-state index in [9.17, 15) is 33.6 Å². The van der Waals surface area contributed by atoms with E-state index in [1.807, 2.05) is 30.3 Å². The predicted octanol–water partition coefficient (Wildman–Crippen LogP) is 0.372. The van der Waals surface area contributed by atoms with Gasteiger partial charge < -0.3 is 62.6 Å². The standard InChI is InChI=1S/C34H45NO19/c1-17(36)45-15-24-26(47-19(3)38)28(49-21(5)40)30(32(51-24)44-13-12-43-14-23-10-8-7-9-11-23)53-33-31(50-22(6)41)29(54-34(35)42)27(48-20(4)39)25(52-33)16-46-18(2)37/h7-11,24-33H,12-16H2,1-6H3,(H2,35,42)/t24-,25+,26+,27+,28-,29-,30-,31-,32-,33+/m0/s1. The number of hydrogen-bond donors (Lipinski definition) is 1. The van der Waals surface area contributed by atoms with Crippen molar-refractivity contribution in [2.45, 2.75) is 110 Å². The van der Waals surface area contributed by atoms with Crippen LogP contribution in [0.25, 0.3) is 0 Å². The van der Waals surface area contributed by atoms with E-state index in [-0.39, 0.29) is 19.8 Å². The number of hydrogen-bond acceptors (Lipinski definition) is 19. The van der Waals surface area contributed by atoms with Gasteiger partial charge in [0.05, 0.1) is 19.8 Å². The maximum absolute atomic E-state index is 12.6. The van der Waals surface area contributed by atoms with Crippen LogP contribution in [-0.4, -0.2) is 130 Å². The first-order chi connectivity index (χ1) is 25.5. The van der Waals surface area contributed by atoms with Crippen molar-refractivity contribution >= 4 is 41.9 Å². The van der Waals surface area contributed by atoms with Crippen LogP contribution in [0.15, 0.2) is 30.3 Å². The second-order valence-corrected chi connectivity index (χ2v) is 11.9. The highest BCUT2D eigenvalue weighted by Crippen LogP contribution is 2.35. The molecule has 2 aliphatic rings. The largest absolute Gasteiger partial charge is 0.463 e. The molecule has 3 rings (SSSR count). The molecule has 10 atom stereocenters. The Labute approximate surface area is 309 Å². The Morgan fingerprint density at radius 3 is 1.50 bits per heavy atom. The van der Waals surface area contributed by atoms with Crippen LogP contribution in [0.5, 0.6) is 0 Å². The molecule has 1 amide bonds. The third-order valence-electron chi connectivity index (χ3n) is 7.46. The summed E-state index contributed by atoms with van der Waals surface area (Å²) in [5.41, 5.74) is 6.23. The van der Waals surface area contributed by atoms with Crippen molar-refractivity contribution in [3.05, 3.63) is 35.9 Å². The summed E-state index contributed by atoms with van der Waals surface area (Å²) in [6, 6.07) is 9.23. The van der Waals surface area contributed by atoms with Gasteiger partial charge in [0.2, 0.25) is 0 Å². The number of benzene rings is 1. The fourth-order valence-electron chi connectivity index (χ4n) is 5.53. The zero-order valence-electron chi connectivity index (χ0n) is 30.5. The van der Waals surface area contributed by atoms with E-state index in [2.05, 4.69) is 0 Å². The highest BCUT2D eigenvalue weighted by molar-refractivity contribution is 5.69. The van der Waals surface area contributed by atoms with Gasteiger partial charge in [-0.15, -0.1) is 0 Å². The Hall–Kier alpha value is -4.89. The van der Waals surface area contributed by atoms with Gasteiger partial charge in [0.15, 0.2) is 49.2 Å². The summed E-state index contributed by atoms with van der Waals surface area (Å²) in [5, 5.41) is 0. The third-order valence-corrected chi connectivity index (χ3v) is 7.46. The number of carbonyl (C=O) groups is 7. The number of rotatable bonds is 17. The number of nitrogens with two attached hydrogens (primary N) is 1. The normalized spacial score (nSPS) is 27.7. The van der Waals surface area contributed by atoms with Gasteiger partial charge >= 0.3 is 41.9 Å². The second-order valence-electron chi connectivity index (χ2n) is 11.9. The van der Waals surface area contributed by atoms with Gasteiger partial charge in [0, 0.05) is 41.5 Å². The molecule has 300 valence electrons. The lowest BCUT2D eigenvalue weighted by Crippen LogP contribution is -2.67. The molecule has 0 aliphatic carbocycles. The van der Waals surface area contributed by atoms with Gasteiger partial charge in [-0.2, -0.15) is 0 Å². The van der Waals surface area contributed by atoms with Crippen LogP contribution in [0.2, 0.25) is 0 Å². The van der Waals surface area contributed by atoms with Gasteiger partial charge in [0.25, 0.3) is 0 Å². The summed E-state index contributed by atoms with van der Waals surface area (Å²) in [5.74, 6) is -5.06. The minimum atomic E-state index is -1.85. The Morgan fingerprint density at radius 2 is 1.02 bits per heavy atom. The van der Waals surface area contributed by atoms with E-state index in [0.717, 1.165) is 47.1 Å². The molecular formula is C34H45NO19. The summed E-state index contributed by atoms with van der Waals surface area (Å²) in [7, 11) is 0. The highest BCUT2D eigenvalue weighted by Gasteiger charge is 2.57. The van der Waals surface area contributed by atoms with Gasteiger partial charge in [-0.3, -0.25) is 28.8 Å². The number of carbonyl (C=O) groups excluding carboxylic acids is 7. The zero-order valence-corrected chi connectivity index (χ0v) is 30.5. The number of ether oxygens (including phenoxy) is 12. The van der Waals surface area contributed by atoms with Crippen LogP contribution in [-0.2, 0) is 92.2 Å². The van der Waals surface area contributed by atoms with Crippen molar-refractivity contribution in [1.82, 2.24) is 0 Å². The fraction of sp³-hybridized carbons (Fsp3) is 0.618. The SMILES string of the molecule is CC(=O)OC[C@@H]1O[C@H](OCCOCc2ccccc2)[C@@H](O[C@H]2O[C@H](COC(C)=O)[C@@H](OC(C)=O)[C@H](OC(N)=O)[C@@H]2OC(C)=O)[C@@H](OC(C)=O)[C@@H]1OC(C)=O. The first-order valence-electron chi connectivity index (χ1n) is 16.7. The van der Waals surface area contributed by atoms with Gasteiger partial charge in [-0.1, -0.05) is 30.3 Å². The molecule has 2 saturated heterocycles. The summed E-state index contributed by atoms with van der Waals surface area (Å²) >= 11 is 0. The molecule has 20 heteroatoms. The van der Waals surface area contributed by atoms with Crippen LogP contribution in [0.1, 0.15) is 47.1 Å². The summed E-state index contributed by atoms with van der Waals surface area (Å²) in [6.07, 6.45) is -17.4. The lowest BCUT2D eigenvalue weighted by Gasteiger charge is -2.48.